The smallest absolute Gasteiger partial charge is 0.337 e. The number of hydrogen-bond donors (Lipinski definition) is 1. The molecule has 0 aliphatic heterocycles. The van der Waals surface area contributed by atoms with Crippen LogP contribution in [0, 0.1) is 0 Å². The second kappa shape index (κ2) is 7.46. The van der Waals surface area contributed by atoms with E-state index in [1.807, 2.05) is 30.3 Å². The van der Waals surface area contributed by atoms with Crippen LogP contribution in [0.4, 0.5) is 0 Å². The molecule has 8 nitrogen and oxygen atoms in total. The SMILES string of the molecule is COC(=O)c1cccc(S(=O)(=O)NCc2nc(-c3ccccc3)no2)c1. The summed E-state index contributed by atoms with van der Waals surface area (Å²) in [5.41, 5.74) is 0.899. The monoisotopic (exact) mass is 373 g/mol. The van der Waals surface area contributed by atoms with E-state index in [0.717, 1.165) is 5.56 Å². The van der Waals surface area contributed by atoms with Gasteiger partial charge in [0.1, 0.15) is 0 Å². The van der Waals surface area contributed by atoms with Crippen molar-refractivity contribution in [2.75, 3.05) is 7.11 Å². The highest BCUT2D eigenvalue weighted by molar-refractivity contribution is 7.89. The van der Waals surface area contributed by atoms with E-state index in [1.165, 1.54) is 31.4 Å². The Morgan fingerprint density at radius 1 is 1.15 bits per heavy atom. The Labute approximate surface area is 149 Å². The standard InChI is InChI=1S/C17H15N3O5S/c1-24-17(21)13-8-5-9-14(10-13)26(22,23)18-11-15-19-16(20-25-15)12-6-3-2-4-7-12/h2-10,18H,11H2,1H3. The zero-order valence-electron chi connectivity index (χ0n) is 13.7. The fourth-order valence-corrected chi connectivity index (χ4v) is 3.20. The maximum absolute atomic E-state index is 12.4. The summed E-state index contributed by atoms with van der Waals surface area (Å²) in [7, 11) is -2.64. The van der Waals surface area contributed by atoms with Crippen molar-refractivity contribution in [3.63, 3.8) is 0 Å². The Kier molecular flexibility index (Phi) is 5.10. The summed E-state index contributed by atoms with van der Waals surface area (Å²) in [5, 5.41) is 3.83. The van der Waals surface area contributed by atoms with Gasteiger partial charge in [-0.15, -0.1) is 0 Å². The van der Waals surface area contributed by atoms with Gasteiger partial charge in [-0.05, 0) is 18.2 Å². The Morgan fingerprint density at radius 3 is 2.65 bits per heavy atom. The second-order valence-corrected chi connectivity index (χ2v) is 6.99. The Bertz CT molecular complexity index is 1020. The lowest BCUT2D eigenvalue weighted by Crippen LogP contribution is -2.23. The van der Waals surface area contributed by atoms with Gasteiger partial charge in [0.2, 0.25) is 21.7 Å². The minimum Gasteiger partial charge on any atom is -0.465 e. The van der Waals surface area contributed by atoms with Crippen LogP contribution in [-0.2, 0) is 21.3 Å². The van der Waals surface area contributed by atoms with Crippen molar-refractivity contribution < 1.29 is 22.5 Å². The molecule has 1 heterocycles. The number of nitrogens with one attached hydrogen (secondary N) is 1. The first kappa shape index (κ1) is 17.8. The van der Waals surface area contributed by atoms with Gasteiger partial charge in [0, 0.05) is 5.56 Å². The van der Waals surface area contributed by atoms with Gasteiger partial charge in [-0.3, -0.25) is 0 Å². The van der Waals surface area contributed by atoms with Crippen LogP contribution in [0.5, 0.6) is 0 Å². The summed E-state index contributed by atoms with van der Waals surface area (Å²) in [6.07, 6.45) is 0. The van der Waals surface area contributed by atoms with Crippen molar-refractivity contribution in [2.24, 2.45) is 0 Å². The van der Waals surface area contributed by atoms with E-state index in [2.05, 4.69) is 19.6 Å². The number of hydrogen-bond acceptors (Lipinski definition) is 7. The largest absolute Gasteiger partial charge is 0.465 e. The average molecular weight is 373 g/mol. The van der Waals surface area contributed by atoms with E-state index in [1.54, 1.807) is 0 Å². The van der Waals surface area contributed by atoms with E-state index >= 15 is 0 Å². The first-order chi connectivity index (χ1) is 12.5. The molecule has 0 spiro atoms. The Balaban J connectivity index is 1.73. The molecule has 2 aromatic carbocycles. The Hall–Kier alpha value is -3.04. The minimum atomic E-state index is -3.86. The van der Waals surface area contributed by atoms with Crippen LogP contribution < -0.4 is 4.72 Å². The summed E-state index contributed by atoms with van der Waals surface area (Å²) < 4.78 is 36.8. The molecule has 9 heteroatoms. The fraction of sp³-hybridized carbons (Fsp3) is 0.118. The summed E-state index contributed by atoms with van der Waals surface area (Å²) >= 11 is 0. The third-order valence-electron chi connectivity index (χ3n) is 3.48. The third kappa shape index (κ3) is 3.95. The van der Waals surface area contributed by atoms with Gasteiger partial charge < -0.3 is 9.26 Å². The van der Waals surface area contributed by atoms with Crippen LogP contribution in [0.3, 0.4) is 0 Å². The van der Waals surface area contributed by atoms with Gasteiger partial charge in [0.25, 0.3) is 0 Å². The lowest BCUT2D eigenvalue weighted by molar-refractivity contribution is 0.0600. The molecule has 0 unspecified atom stereocenters. The maximum Gasteiger partial charge on any atom is 0.337 e. The van der Waals surface area contributed by atoms with E-state index in [9.17, 15) is 13.2 Å². The molecule has 0 fully saturated rings. The minimum absolute atomic E-state index is 0.0665. The fourth-order valence-electron chi connectivity index (χ4n) is 2.18. The first-order valence-electron chi connectivity index (χ1n) is 7.55. The average Bonchev–Trinajstić information content (AvgIpc) is 3.16. The van der Waals surface area contributed by atoms with Crippen LogP contribution in [0.15, 0.2) is 64.0 Å². The zero-order valence-corrected chi connectivity index (χ0v) is 14.6. The summed E-state index contributed by atoms with van der Waals surface area (Å²) in [5.74, 6) is -0.129. The lowest BCUT2D eigenvalue weighted by atomic mass is 10.2. The van der Waals surface area contributed by atoms with E-state index in [4.69, 9.17) is 4.52 Å². The van der Waals surface area contributed by atoms with Crippen molar-refractivity contribution in [1.29, 1.82) is 0 Å². The molecule has 0 radical (unpaired) electrons. The number of carbonyl (C=O) groups is 1. The van der Waals surface area contributed by atoms with Crippen LogP contribution >= 0.6 is 0 Å². The number of ether oxygens (including phenoxy) is 1. The molecule has 0 aliphatic rings. The number of sulfonamides is 1. The predicted octanol–water partition coefficient (Wildman–Crippen LogP) is 2.00. The normalized spacial score (nSPS) is 11.3. The molecule has 1 N–H and O–H groups in total. The van der Waals surface area contributed by atoms with Gasteiger partial charge >= 0.3 is 5.97 Å². The summed E-state index contributed by atoms with van der Waals surface area (Å²) in [4.78, 5) is 15.6. The molecular weight excluding hydrogens is 358 g/mol. The molecule has 26 heavy (non-hydrogen) atoms. The number of nitrogens with zero attached hydrogens (tertiary/aromatic N) is 2. The maximum atomic E-state index is 12.4. The van der Waals surface area contributed by atoms with Crippen LogP contribution in [-0.4, -0.2) is 31.6 Å². The highest BCUT2D eigenvalue weighted by Gasteiger charge is 2.18. The van der Waals surface area contributed by atoms with Gasteiger partial charge in [0.05, 0.1) is 24.1 Å². The van der Waals surface area contributed by atoms with Gasteiger partial charge in [-0.2, -0.15) is 4.98 Å². The summed E-state index contributed by atoms with van der Waals surface area (Å²) in [6.45, 7) is -0.176. The van der Waals surface area contributed by atoms with E-state index < -0.39 is 16.0 Å². The Morgan fingerprint density at radius 2 is 1.92 bits per heavy atom. The van der Waals surface area contributed by atoms with Gasteiger partial charge in [0.15, 0.2) is 0 Å². The van der Waals surface area contributed by atoms with Gasteiger partial charge in [-0.1, -0.05) is 41.6 Å². The molecule has 0 atom stereocenters. The number of rotatable bonds is 6. The first-order valence-corrected chi connectivity index (χ1v) is 9.04. The van der Waals surface area contributed by atoms with Crippen molar-refractivity contribution >= 4 is 16.0 Å². The van der Waals surface area contributed by atoms with Crippen LogP contribution in [0.2, 0.25) is 0 Å². The lowest BCUT2D eigenvalue weighted by Gasteiger charge is -2.06. The number of methoxy groups -OCH3 is 1. The zero-order chi connectivity index (χ0) is 18.6. The second-order valence-electron chi connectivity index (χ2n) is 5.22. The van der Waals surface area contributed by atoms with Crippen molar-refractivity contribution in [2.45, 2.75) is 11.4 Å². The number of carbonyl (C=O) groups excluding carboxylic acids is 1. The molecule has 0 amide bonds. The van der Waals surface area contributed by atoms with E-state index in [-0.39, 0.29) is 22.9 Å². The van der Waals surface area contributed by atoms with Crippen molar-refractivity contribution in [3.05, 3.63) is 66.1 Å². The predicted molar refractivity (Wildman–Crippen MR) is 91.5 cm³/mol. The molecule has 0 aliphatic carbocycles. The topological polar surface area (TPSA) is 111 Å². The van der Waals surface area contributed by atoms with Crippen molar-refractivity contribution in [1.82, 2.24) is 14.9 Å². The van der Waals surface area contributed by atoms with Crippen molar-refractivity contribution in [3.8, 4) is 11.4 Å². The molecule has 0 saturated carbocycles. The number of esters is 1. The molecule has 134 valence electrons. The highest BCUT2D eigenvalue weighted by atomic mass is 32.2. The van der Waals surface area contributed by atoms with Gasteiger partial charge in [-0.25, -0.2) is 17.9 Å². The molecule has 3 rings (SSSR count). The quantitative estimate of drug-likeness (QED) is 0.658. The number of aromatic nitrogens is 2. The molecule has 0 bridgehead atoms. The number of benzene rings is 2. The molecule has 1 aromatic heterocycles. The van der Waals surface area contributed by atoms with Crippen LogP contribution in [0.1, 0.15) is 16.2 Å². The molecular formula is C17H15N3O5S. The molecule has 3 aromatic rings. The summed E-state index contributed by atoms with van der Waals surface area (Å²) in [6, 6.07) is 14.7. The molecule has 0 saturated heterocycles. The van der Waals surface area contributed by atoms with Crippen LogP contribution in [0.25, 0.3) is 11.4 Å². The third-order valence-corrected chi connectivity index (χ3v) is 4.88. The van der Waals surface area contributed by atoms with E-state index in [0.29, 0.717) is 5.82 Å². The highest BCUT2D eigenvalue weighted by Crippen LogP contribution is 2.16.